The molecule has 0 saturated carbocycles. The predicted molar refractivity (Wildman–Crippen MR) is 51.9 cm³/mol. The van der Waals surface area contributed by atoms with Crippen LogP contribution in [0.5, 0.6) is 0 Å². The fourth-order valence-corrected chi connectivity index (χ4v) is 2.07. The standard InChI is InChI=1S/C8H9ClN2OS/c1-2-13-8-10-6-4-12-3-5(6)7(9)11-8/h2-4H2,1H3. The summed E-state index contributed by atoms with van der Waals surface area (Å²) in [5, 5.41) is 1.29. The van der Waals surface area contributed by atoms with Gasteiger partial charge < -0.3 is 4.74 Å². The van der Waals surface area contributed by atoms with Gasteiger partial charge in [0.2, 0.25) is 0 Å². The van der Waals surface area contributed by atoms with E-state index in [-0.39, 0.29) is 0 Å². The van der Waals surface area contributed by atoms with E-state index in [1.54, 1.807) is 11.8 Å². The molecule has 0 amide bonds. The fourth-order valence-electron chi connectivity index (χ4n) is 1.18. The molecule has 1 aliphatic heterocycles. The van der Waals surface area contributed by atoms with E-state index in [9.17, 15) is 0 Å². The number of thioether (sulfide) groups is 1. The lowest BCUT2D eigenvalue weighted by molar-refractivity contribution is 0.133. The largest absolute Gasteiger partial charge is 0.370 e. The van der Waals surface area contributed by atoms with E-state index >= 15 is 0 Å². The van der Waals surface area contributed by atoms with Gasteiger partial charge in [-0.25, -0.2) is 9.97 Å². The molecule has 1 aromatic rings. The van der Waals surface area contributed by atoms with Crippen LogP contribution in [-0.2, 0) is 18.0 Å². The maximum atomic E-state index is 5.97. The van der Waals surface area contributed by atoms with Crippen molar-refractivity contribution in [2.45, 2.75) is 25.3 Å². The molecule has 0 aromatic carbocycles. The highest BCUT2D eigenvalue weighted by Gasteiger charge is 2.18. The minimum atomic E-state index is 0.540. The van der Waals surface area contributed by atoms with Crippen LogP contribution < -0.4 is 0 Å². The highest BCUT2D eigenvalue weighted by molar-refractivity contribution is 7.99. The molecule has 2 rings (SSSR count). The third kappa shape index (κ3) is 1.80. The number of ether oxygens (including phenoxy) is 1. The SMILES string of the molecule is CCSc1nc(Cl)c2c(n1)COC2. The van der Waals surface area contributed by atoms with E-state index in [2.05, 4.69) is 16.9 Å². The van der Waals surface area contributed by atoms with Crippen molar-refractivity contribution in [3.8, 4) is 0 Å². The van der Waals surface area contributed by atoms with Gasteiger partial charge in [0.25, 0.3) is 0 Å². The number of hydrogen-bond acceptors (Lipinski definition) is 4. The monoisotopic (exact) mass is 216 g/mol. The van der Waals surface area contributed by atoms with E-state index in [1.807, 2.05) is 0 Å². The average molecular weight is 217 g/mol. The summed E-state index contributed by atoms with van der Waals surface area (Å²) in [4.78, 5) is 8.52. The molecule has 0 bridgehead atoms. The van der Waals surface area contributed by atoms with Crippen molar-refractivity contribution in [1.82, 2.24) is 9.97 Å². The molecule has 0 fully saturated rings. The van der Waals surface area contributed by atoms with Crippen LogP contribution in [0, 0.1) is 0 Å². The molecule has 0 aliphatic carbocycles. The molecule has 0 N–H and O–H groups in total. The van der Waals surface area contributed by atoms with Crippen molar-refractivity contribution in [2.24, 2.45) is 0 Å². The Labute approximate surface area is 85.9 Å². The third-order valence-corrected chi connectivity index (χ3v) is 2.82. The predicted octanol–water partition coefficient (Wildman–Crippen LogP) is 2.27. The van der Waals surface area contributed by atoms with Gasteiger partial charge in [0.15, 0.2) is 5.16 Å². The average Bonchev–Trinajstić information content (AvgIpc) is 2.53. The molecule has 70 valence electrons. The van der Waals surface area contributed by atoms with E-state index in [1.165, 1.54) is 0 Å². The molecule has 2 heterocycles. The van der Waals surface area contributed by atoms with Gasteiger partial charge in [0, 0.05) is 5.56 Å². The first-order valence-corrected chi connectivity index (χ1v) is 5.43. The topological polar surface area (TPSA) is 35.0 Å². The van der Waals surface area contributed by atoms with Gasteiger partial charge in [-0.3, -0.25) is 0 Å². The normalized spacial score (nSPS) is 14.6. The van der Waals surface area contributed by atoms with Crippen LogP contribution in [0.3, 0.4) is 0 Å². The first kappa shape index (κ1) is 9.24. The van der Waals surface area contributed by atoms with Gasteiger partial charge in [-0.15, -0.1) is 0 Å². The summed E-state index contributed by atoms with van der Waals surface area (Å²) in [6.07, 6.45) is 0. The fraction of sp³-hybridized carbons (Fsp3) is 0.500. The van der Waals surface area contributed by atoms with Gasteiger partial charge in [-0.05, 0) is 5.75 Å². The summed E-state index contributed by atoms with van der Waals surface area (Å²) < 4.78 is 5.23. The second-order valence-electron chi connectivity index (χ2n) is 2.65. The Morgan fingerprint density at radius 2 is 2.31 bits per heavy atom. The number of fused-ring (bicyclic) bond motifs is 1. The summed E-state index contributed by atoms with van der Waals surface area (Å²) in [5.74, 6) is 0.954. The number of halogens is 1. The molecule has 0 saturated heterocycles. The lowest BCUT2D eigenvalue weighted by Crippen LogP contribution is -1.96. The molecule has 0 atom stereocenters. The zero-order chi connectivity index (χ0) is 9.26. The minimum absolute atomic E-state index is 0.540. The Bertz CT molecular complexity index is 332. The van der Waals surface area contributed by atoms with Crippen LogP contribution in [0.25, 0.3) is 0 Å². The second-order valence-corrected chi connectivity index (χ2v) is 4.24. The van der Waals surface area contributed by atoms with Crippen molar-refractivity contribution in [3.05, 3.63) is 16.4 Å². The van der Waals surface area contributed by atoms with Crippen molar-refractivity contribution in [3.63, 3.8) is 0 Å². The zero-order valence-electron chi connectivity index (χ0n) is 7.21. The van der Waals surface area contributed by atoms with Gasteiger partial charge in [-0.2, -0.15) is 0 Å². The lowest BCUT2D eigenvalue weighted by atomic mass is 10.3. The second kappa shape index (κ2) is 3.82. The number of aromatic nitrogens is 2. The minimum Gasteiger partial charge on any atom is -0.370 e. The van der Waals surface area contributed by atoms with Crippen LogP contribution in [0.15, 0.2) is 5.16 Å². The van der Waals surface area contributed by atoms with E-state index in [0.717, 1.165) is 22.2 Å². The molecular formula is C8H9ClN2OS. The lowest BCUT2D eigenvalue weighted by Gasteiger charge is -2.01. The Kier molecular flexibility index (Phi) is 2.71. The summed E-state index contributed by atoms with van der Waals surface area (Å²) >= 11 is 7.56. The Morgan fingerprint density at radius 3 is 3.08 bits per heavy atom. The summed E-state index contributed by atoms with van der Waals surface area (Å²) in [5.41, 5.74) is 1.89. The smallest absolute Gasteiger partial charge is 0.189 e. The third-order valence-electron chi connectivity index (χ3n) is 1.78. The van der Waals surface area contributed by atoms with Gasteiger partial charge in [0.1, 0.15) is 5.15 Å². The van der Waals surface area contributed by atoms with Crippen molar-refractivity contribution in [2.75, 3.05) is 5.75 Å². The van der Waals surface area contributed by atoms with Crippen LogP contribution in [0.2, 0.25) is 5.15 Å². The van der Waals surface area contributed by atoms with E-state index in [0.29, 0.717) is 18.4 Å². The van der Waals surface area contributed by atoms with Crippen LogP contribution in [0.4, 0.5) is 0 Å². The maximum absolute atomic E-state index is 5.97. The summed E-state index contributed by atoms with van der Waals surface area (Å²) in [6.45, 7) is 3.17. The number of hydrogen-bond donors (Lipinski definition) is 0. The highest BCUT2D eigenvalue weighted by atomic mass is 35.5. The molecule has 1 aliphatic rings. The van der Waals surface area contributed by atoms with E-state index in [4.69, 9.17) is 16.3 Å². The quantitative estimate of drug-likeness (QED) is 0.432. The van der Waals surface area contributed by atoms with Crippen molar-refractivity contribution >= 4 is 23.4 Å². The van der Waals surface area contributed by atoms with Crippen LogP contribution in [-0.4, -0.2) is 15.7 Å². The van der Waals surface area contributed by atoms with Gasteiger partial charge in [-0.1, -0.05) is 30.3 Å². The first-order valence-electron chi connectivity index (χ1n) is 4.07. The van der Waals surface area contributed by atoms with Crippen LogP contribution >= 0.6 is 23.4 Å². The van der Waals surface area contributed by atoms with Crippen molar-refractivity contribution in [1.29, 1.82) is 0 Å². The molecule has 0 spiro atoms. The molecule has 13 heavy (non-hydrogen) atoms. The van der Waals surface area contributed by atoms with E-state index < -0.39 is 0 Å². The highest BCUT2D eigenvalue weighted by Crippen LogP contribution is 2.26. The Morgan fingerprint density at radius 1 is 1.46 bits per heavy atom. The number of nitrogens with zero attached hydrogens (tertiary/aromatic N) is 2. The molecule has 1 aromatic heterocycles. The van der Waals surface area contributed by atoms with Gasteiger partial charge in [0.05, 0.1) is 18.9 Å². The molecule has 0 radical (unpaired) electrons. The molecule has 3 nitrogen and oxygen atoms in total. The maximum Gasteiger partial charge on any atom is 0.189 e. The first-order chi connectivity index (χ1) is 6.31. The Hall–Kier alpha value is -0.320. The van der Waals surface area contributed by atoms with Gasteiger partial charge >= 0.3 is 0 Å². The number of rotatable bonds is 2. The molecule has 0 unspecified atom stereocenters. The summed E-state index contributed by atoms with van der Waals surface area (Å²) in [7, 11) is 0. The molecule has 5 heteroatoms. The van der Waals surface area contributed by atoms with Crippen LogP contribution in [0.1, 0.15) is 18.2 Å². The van der Waals surface area contributed by atoms with Crippen molar-refractivity contribution < 1.29 is 4.74 Å². The zero-order valence-corrected chi connectivity index (χ0v) is 8.78. The Balaban J connectivity index is 2.37. The molecular weight excluding hydrogens is 208 g/mol. The summed E-state index contributed by atoms with van der Waals surface area (Å²) in [6, 6.07) is 0.